The number of hydrogen-bond donors (Lipinski definition) is 1. The standard InChI is InChI=1S/C23H23FN2O4S/c1-17-8-13-21(30-2)22(14-17)31(28,29)26(15-18-6-4-3-5-7-18)16-23(27)25-20-11-9-19(24)10-12-20/h3-14H,15-16H2,1-2H3,(H,25,27). The van der Waals surface area contributed by atoms with Crippen LogP contribution < -0.4 is 10.1 Å². The Bertz CT molecular complexity index is 1150. The number of aryl methyl sites for hydroxylation is 1. The lowest BCUT2D eigenvalue weighted by Crippen LogP contribution is -2.37. The van der Waals surface area contributed by atoms with Gasteiger partial charge in [-0.15, -0.1) is 0 Å². The lowest BCUT2D eigenvalue weighted by Gasteiger charge is -2.23. The lowest BCUT2D eigenvalue weighted by molar-refractivity contribution is -0.116. The monoisotopic (exact) mass is 442 g/mol. The van der Waals surface area contributed by atoms with Crippen LogP contribution >= 0.6 is 0 Å². The number of sulfonamides is 1. The van der Waals surface area contributed by atoms with E-state index in [0.29, 0.717) is 5.69 Å². The first-order valence-electron chi connectivity index (χ1n) is 9.54. The van der Waals surface area contributed by atoms with Crippen LogP contribution in [0.2, 0.25) is 0 Å². The summed E-state index contributed by atoms with van der Waals surface area (Å²) in [5, 5.41) is 2.61. The van der Waals surface area contributed by atoms with Crippen molar-refractivity contribution in [1.82, 2.24) is 4.31 Å². The molecule has 162 valence electrons. The first kappa shape index (κ1) is 22.5. The smallest absolute Gasteiger partial charge is 0.247 e. The van der Waals surface area contributed by atoms with Gasteiger partial charge in [-0.25, -0.2) is 12.8 Å². The third-order valence-electron chi connectivity index (χ3n) is 4.59. The van der Waals surface area contributed by atoms with Gasteiger partial charge in [0.1, 0.15) is 16.5 Å². The van der Waals surface area contributed by atoms with Gasteiger partial charge in [0.05, 0.1) is 13.7 Å². The van der Waals surface area contributed by atoms with E-state index in [-0.39, 0.29) is 17.2 Å². The number of benzene rings is 3. The number of nitrogens with zero attached hydrogens (tertiary/aromatic N) is 1. The Labute approximate surface area is 181 Å². The number of carbonyl (C=O) groups excluding carboxylic acids is 1. The molecule has 31 heavy (non-hydrogen) atoms. The van der Waals surface area contributed by atoms with Crippen molar-refractivity contribution in [2.45, 2.75) is 18.4 Å². The zero-order chi connectivity index (χ0) is 22.4. The van der Waals surface area contributed by atoms with E-state index < -0.39 is 28.3 Å². The zero-order valence-electron chi connectivity index (χ0n) is 17.2. The van der Waals surface area contributed by atoms with E-state index in [0.717, 1.165) is 15.4 Å². The second-order valence-electron chi connectivity index (χ2n) is 6.97. The highest BCUT2D eigenvalue weighted by Crippen LogP contribution is 2.28. The number of ether oxygens (including phenoxy) is 1. The molecule has 0 aliphatic carbocycles. The maximum Gasteiger partial charge on any atom is 0.247 e. The van der Waals surface area contributed by atoms with Crippen LogP contribution in [-0.4, -0.2) is 32.3 Å². The van der Waals surface area contributed by atoms with E-state index in [9.17, 15) is 17.6 Å². The molecule has 0 saturated carbocycles. The molecule has 3 aromatic rings. The summed E-state index contributed by atoms with van der Waals surface area (Å²) in [6, 6.07) is 19.1. The first-order chi connectivity index (χ1) is 14.8. The third-order valence-corrected chi connectivity index (χ3v) is 6.40. The number of amides is 1. The molecule has 0 aliphatic rings. The lowest BCUT2D eigenvalue weighted by atomic mass is 10.2. The zero-order valence-corrected chi connectivity index (χ0v) is 18.0. The normalized spacial score (nSPS) is 11.4. The topological polar surface area (TPSA) is 75.7 Å². The van der Waals surface area contributed by atoms with Gasteiger partial charge in [0.15, 0.2) is 0 Å². The summed E-state index contributed by atoms with van der Waals surface area (Å²) < 4.78 is 46.5. The fourth-order valence-corrected chi connectivity index (χ4v) is 4.66. The Hall–Kier alpha value is -3.23. The van der Waals surface area contributed by atoms with Gasteiger partial charge in [-0.1, -0.05) is 36.4 Å². The SMILES string of the molecule is COc1ccc(C)cc1S(=O)(=O)N(CC(=O)Nc1ccc(F)cc1)Cc1ccccc1. The summed E-state index contributed by atoms with van der Waals surface area (Å²) >= 11 is 0. The van der Waals surface area contributed by atoms with Crippen LogP contribution in [0, 0.1) is 12.7 Å². The molecule has 6 nitrogen and oxygen atoms in total. The van der Waals surface area contributed by atoms with Crippen molar-refractivity contribution >= 4 is 21.6 Å². The molecule has 0 radical (unpaired) electrons. The molecule has 3 aromatic carbocycles. The minimum absolute atomic E-state index is 0.00287. The van der Waals surface area contributed by atoms with E-state index in [1.807, 2.05) is 6.07 Å². The molecule has 0 heterocycles. The molecule has 0 aromatic heterocycles. The van der Waals surface area contributed by atoms with Gasteiger partial charge in [-0.2, -0.15) is 4.31 Å². The summed E-state index contributed by atoms with van der Waals surface area (Å²) in [6.07, 6.45) is 0. The number of nitrogens with one attached hydrogen (secondary N) is 1. The number of carbonyl (C=O) groups is 1. The number of anilines is 1. The first-order valence-corrected chi connectivity index (χ1v) is 11.0. The van der Waals surface area contributed by atoms with E-state index >= 15 is 0 Å². The summed E-state index contributed by atoms with van der Waals surface area (Å²) in [6.45, 7) is 1.35. The minimum atomic E-state index is -4.07. The predicted octanol–water partition coefficient (Wildman–Crippen LogP) is 3.97. The fraction of sp³-hybridized carbons (Fsp3) is 0.174. The van der Waals surface area contributed by atoms with Crippen LogP contribution in [0.5, 0.6) is 5.75 Å². The van der Waals surface area contributed by atoms with Gasteiger partial charge in [-0.05, 0) is 54.4 Å². The molecule has 0 unspecified atom stereocenters. The van der Waals surface area contributed by atoms with Gasteiger partial charge in [0, 0.05) is 12.2 Å². The summed E-state index contributed by atoms with van der Waals surface area (Å²) in [4.78, 5) is 12.6. The molecule has 1 N–H and O–H groups in total. The Morgan fingerprint density at radius 3 is 2.35 bits per heavy atom. The number of methoxy groups -OCH3 is 1. The summed E-state index contributed by atoms with van der Waals surface area (Å²) in [7, 11) is -2.68. The van der Waals surface area contributed by atoms with Crippen molar-refractivity contribution < 1.29 is 22.3 Å². The number of halogens is 1. The summed E-state index contributed by atoms with van der Waals surface area (Å²) in [5.74, 6) is -0.779. The number of rotatable bonds is 8. The van der Waals surface area contributed by atoms with E-state index in [1.54, 1.807) is 43.3 Å². The van der Waals surface area contributed by atoms with Crippen LogP contribution in [-0.2, 0) is 21.4 Å². The molecule has 8 heteroatoms. The van der Waals surface area contributed by atoms with Gasteiger partial charge in [0.25, 0.3) is 0 Å². The van der Waals surface area contributed by atoms with Crippen molar-refractivity contribution in [3.05, 3.63) is 89.7 Å². The maximum absolute atomic E-state index is 13.5. The molecule has 0 spiro atoms. The van der Waals surface area contributed by atoms with Crippen LogP contribution in [0.3, 0.4) is 0 Å². The molecule has 0 fully saturated rings. The second-order valence-corrected chi connectivity index (χ2v) is 8.87. The maximum atomic E-state index is 13.5. The Balaban J connectivity index is 1.93. The molecular weight excluding hydrogens is 419 g/mol. The quantitative estimate of drug-likeness (QED) is 0.573. The molecule has 0 bridgehead atoms. The molecule has 3 rings (SSSR count). The van der Waals surface area contributed by atoms with Crippen molar-refractivity contribution in [1.29, 1.82) is 0 Å². The van der Waals surface area contributed by atoms with Gasteiger partial charge < -0.3 is 10.1 Å². The second kappa shape index (κ2) is 9.72. The average molecular weight is 443 g/mol. The molecule has 0 saturated heterocycles. The molecule has 0 aliphatic heterocycles. The van der Waals surface area contributed by atoms with Gasteiger partial charge >= 0.3 is 0 Å². The average Bonchev–Trinajstić information content (AvgIpc) is 2.75. The van der Waals surface area contributed by atoms with Gasteiger partial charge in [0.2, 0.25) is 15.9 Å². The van der Waals surface area contributed by atoms with Crippen LogP contribution in [0.15, 0.2) is 77.7 Å². The van der Waals surface area contributed by atoms with E-state index in [4.69, 9.17) is 4.74 Å². The molecular formula is C23H23FN2O4S. The predicted molar refractivity (Wildman–Crippen MR) is 117 cm³/mol. The van der Waals surface area contributed by atoms with Crippen LogP contribution in [0.25, 0.3) is 0 Å². The van der Waals surface area contributed by atoms with E-state index in [2.05, 4.69) is 5.32 Å². The highest BCUT2D eigenvalue weighted by molar-refractivity contribution is 7.89. The van der Waals surface area contributed by atoms with Crippen LogP contribution in [0.1, 0.15) is 11.1 Å². The largest absolute Gasteiger partial charge is 0.495 e. The molecule has 1 amide bonds. The summed E-state index contributed by atoms with van der Waals surface area (Å²) in [5.41, 5.74) is 1.85. The number of hydrogen-bond acceptors (Lipinski definition) is 4. The Morgan fingerprint density at radius 2 is 1.71 bits per heavy atom. The highest BCUT2D eigenvalue weighted by Gasteiger charge is 2.30. The fourth-order valence-electron chi connectivity index (χ4n) is 3.03. The van der Waals surface area contributed by atoms with Crippen molar-refractivity contribution in [3.8, 4) is 5.75 Å². The van der Waals surface area contributed by atoms with Gasteiger partial charge in [-0.3, -0.25) is 4.79 Å². The Kier molecular flexibility index (Phi) is 7.04. The van der Waals surface area contributed by atoms with Crippen LogP contribution in [0.4, 0.5) is 10.1 Å². The van der Waals surface area contributed by atoms with Crippen molar-refractivity contribution in [2.75, 3.05) is 19.0 Å². The highest BCUT2D eigenvalue weighted by atomic mass is 32.2. The van der Waals surface area contributed by atoms with E-state index in [1.165, 1.54) is 37.4 Å². The van der Waals surface area contributed by atoms with Crippen molar-refractivity contribution in [2.24, 2.45) is 0 Å². The third kappa shape index (κ3) is 5.68. The minimum Gasteiger partial charge on any atom is -0.495 e. The molecule has 0 atom stereocenters. The van der Waals surface area contributed by atoms with Crippen molar-refractivity contribution in [3.63, 3.8) is 0 Å². The Morgan fingerprint density at radius 1 is 1.03 bits per heavy atom.